The molecule has 2 fully saturated rings. The van der Waals surface area contributed by atoms with Crippen molar-refractivity contribution in [3.8, 4) is 0 Å². The Morgan fingerprint density at radius 3 is 2.82 bits per heavy atom. The molecular formula is C13H25N3O. The van der Waals surface area contributed by atoms with Crippen LogP contribution in [0.2, 0.25) is 0 Å². The van der Waals surface area contributed by atoms with Crippen LogP contribution < -0.4 is 5.32 Å². The molecule has 0 aromatic heterocycles. The summed E-state index contributed by atoms with van der Waals surface area (Å²) in [4.78, 5) is 15.7. The molecule has 2 aliphatic rings. The van der Waals surface area contributed by atoms with Crippen LogP contribution in [0.3, 0.4) is 0 Å². The molecule has 0 bridgehead atoms. The highest BCUT2D eigenvalue weighted by Crippen LogP contribution is 2.15. The Morgan fingerprint density at radius 1 is 1.29 bits per heavy atom. The van der Waals surface area contributed by atoms with Gasteiger partial charge in [0.05, 0.1) is 0 Å². The van der Waals surface area contributed by atoms with Crippen LogP contribution in [0.4, 0.5) is 0 Å². The molecular weight excluding hydrogens is 214 g/mol. The largest absolute Gasteiger partial charge is 0.344 e. The fourth-order valence-electron chi connectivity index (χ4n) is 2.88. The summed E-state index contributed by atoms with van der Waals surface area (Å²) in [6.45, 7) is 3.17. The zero-order chi connectivity index (χ0) is 12.3. The summed E-state index contributed by atoms with van der Waals surface area (Å²) in [6.07, 6.45) is 5.71. The first-order chi connectivity index (χ1) is 8.16. The third-order valence-corrected chi connectivity index (χ3v) is 4.19. The van der Waals surface area contributed by atoms with Crippen LogP contribution in [0.5, 0.6) is 0 Å². The molecule has 2 rings (SSSR count). The van der Waals surface area contributed by atoms with Gasteiger partial charge in [0.1, 0.15) is 0 Å². The van der Waals surface area contributed by atoms with Crippen molar-refractivity contribution < 1.29 is 4.79 Å². The molecule has 0 aliphatic carbocycles. The lowest BCUT2D eigenvalue weighted by molar-refractivity contribution is -0.132. The molecule has 2 aliphatic heterocycles. The first-order valence-corrected chi connectivity index (χ1v) is 6.84. The molecule has 17 heavy (non-hydrogen) atoms. The predicted octanol–water partition coefficient (Wildman–Crippen LogP) is 0.681. The summed E-state index contributed by atoms with van der Waals surface area (Å²) in [5.41, 5.74) is 0. The van der Waals surface area contributed by atoms with Gasteiger partial charge in [0.2, 0.25) is 5.91 Å². The fraction of sp³-hybridized carbons (Fsp3) is 0.923. The molecule has 1 N–H and O–H groups in total. The zero-order valence-corrected chi connectivity index (χ0v) is 11.1. The van der Waals surface area contributed by atoms with Crippen molar-refractivity contribution in [1.82, 2.24) is 15.1 Å². The summed E-state index contributed by atoms with van der Waals surface area (Å²) in [6, 6.07) is 1.18. The van der Waals surface area contributed by atoms with E-state index in [2.05, 4.69) is 17.3 Å². The van der Waals surface area contributed by atoms with Crippen LogP contribution in [-0.4, -0.2) is 61.5 Å². The van der Waals surface area contributed by atoms with Crippen LogP contribution >= 0.6 is 0 Å². The summed E-state index contributed by atoms with van der Waals surface area (Å²) in [7, 11) is 4.13. The number of carbonyl (C=O) groups is 1. The van der Waals surface area contributed by atoms with E-state index in [4.69, 9.17) is 0 Å². The van der Waals surface area contributed by atoms with Crippen molar-refractivity contribution in [3.63, 3.8) is 0 Å². The van der Waals surface area contributed by atoms with Crippen molar-refractivity contribution >= 4 is 5.91 Å². The van der Waals surface area contributed by atoms with E-state index >= 15 is 0 Å². The molecule has 4 nitrogen and oxygen atoms in total. The molecule has 0 aromatic rings. The van der Waals surface area contributed by atoms with E-state index in [0.717, 1.165) is 19.5 Å². The normalized spacial score (nSPS) is 31.9. The summed E-state index contributed by atoms with van der Waals surface area (Å²) >= 11 is 0. The second-order valence-electron chi connectivity index (χ2n) is 5.55. The van der Waals surface area contributed by atoms with Gasteiger partial charge in [-0.25, -0.2) is 0 Å². The summed E-state index contributed by atoms with van der Waals surface area (Å²) in [5.74, 6) is 0.290. The van der Waals surface area contributed by atoms with Gasteiger partial charge in [0, 0.05) is 38.6 Å². The molecule has 0 radical (unpaired) electrons. The first-order valence-electron chi connectivity index (χ1n) is 6.84. The lowest BCUT2D eigenvalue weighted by Gasteiger charge is -2.36. The molecule has 0 saturated carbocycles. The fourth-order valence-corrected chi connectivity index (χ4v) is 2.88. The van der Waals surface area contributed by atoms with E-state index in [1.165, 1.54) is 25.8 Å². The number of hydrogen-bond acceptors (Lipinski definition) is 3. The minimum Gasteiger partial charge on any atom is -0.344 e. The van der Waals surface area contributed by atoms with E-state index < -0.39 is 0 Å². The lowest BCUT2D eigenvalue weighted by Crippen LogP contribution is -2.51. The average molecular weight is 239 g/mol. The van der Waals surface area contributed by atoms with E-state index in [1.54, 1.807) is 0 Å². The van der Waals surface area contributed by atoms with E-state index in [-0.39, 0.29) is 5.91 Å². The molecule has 0 aromatic carbocycles. The number of nitrogens with zero attached hydrogens (tertiary/aromatic N) is 2. The van der Waals surface area contributed by atoms with E-state index in [0.29, 0.717) is 18.5 Å². The Morgan fingerprint density at radius 2 is 2.12 bits per heavy atom. The summed E-state index contributed by atoms with van der Waals surface area (Å²) in [5, 5.41) is 3.64. The Kier molecular flexibility index (Phi) is 4.40. The van der Waals surface area contributed by atoms with Gasteiger partial charge >= 0.3 is 0 Å². The zero-order valence-electron chi connectivity index (χ0n) is 11.1. The maximum absolute atomic E-state index is 11.4. The Labute approximate surface area is 104 Å². The molecule has 2 saturated heterocycles. The monoisotopic (exact) mass is 239 g/mol. The van der Waals surface area contributed by atoms with Gasteiger partial charge < -0.3 is 15.1 Å². The van der Waals surface area contributed by atoms with Gasteiger partial charge in [-0.1, -0.05) is 6.42 Å². The number of rotatable bonds is 3. The maximum Gasteiger partial charge on any atom is 0.222 e. The van der Waals surface area contributed by atoms with Gasteiger partial charge in [-0.15, -0.1) is 0 Å². The van der Waals surface area contributed by atoms with Gasteiger partial charge in [-0.2, -0.15) is 0 Å². The molecule has 2 unspecified atom stereocenters. The predicted molar refractivity (Wildman–Crippen MR) is 68.9 cm³/mol. The van der Waals surface area contributed by atoms with Crippen LogP contribution in [-0.2, 0) is 4.79 Å². The Hall–Kier alpha value is -0.610. The minimum absolute atomic E-state index is 0.290. The van der Waals surface area contributed by atoms with Crippen molar-refractivity contribution in [2.75, 3.05) is 33.7 Å². The lowest BCUT2D eigenvalue weighted by atomic mass is 10.0. The number of amides is 1. The topological polar surface area (TPSA) is 35.6 Å². The third-order valence-electron chi connectivity index (χ3n) is 4.19. The SMILES string of the molecule is CN1CC(NCC2CCCCN2C)CCC1=O. The van der Waals surface area contributed by atoms with E-state index in [1.807, 2.05) is 11.9 Å². The number of likely N-dealkylation sites (tertiary alicyclic amines) is 2. The van der Waals surface area contributed by atoms with Crippen molar-refractivity contribution in [2.24, 2.45) is 0 Å². The number of piperidine rings is 2. The Balaban J connectivity index is 1.72. The smallest absolute Gasteiger partial charge is 0.222 e. The highest BCUT2D eigenvalue weighted by Gasteiger charge is 2.24. The number of likely N-dealkylation sites (N-methyl/N-ethyl adjacent to an activating group) is 2. The standard InChI is InChI=1S/C13H25N3O/c1-15-8-4-3-5-12(15)9-14-11-6-7-13(17)16(2)10-11/h11-12,14H,3-10H2,1-2H3. The van der Waals surface area contributed by atoms with Crippen LogP contribution in [0.25, 0.3) is 0 Å². The maximum atomic E-state index is 11.4. The van der Waals surface area contributed by atoms with Crippen molar-refractivity contribution in [1.29, 1.82) is 0 Å². The van der Waals surface area contributed by atoms with Gasteiger partial charge in [-0.05, 0) is 32.9 Å². The van der Waals surface area contributed by atoms with Gasteiger partial charge in [0.15, 0.2) is 0 Å². The van der Waals surface area contributed by atoms with Crippen LogP contribution in [0, 0.1) is 0 Å². The van der Waals surface area contributed by atoms with Crippen molar-refractivity contribution in [3.05, 3.63) is 0 Å². The molecule has 98 valence electrons. The summed E-state index contributed by atoms with van der Waals surface area (Å²) < 4.78 is 0. The number of nitrogens with one attached hydrogen (secondary N) is 1. The van der Waals surface area contributed by atoms with Gasteiger partial charge in [0.25, 0.3) is 0 Å². The Bertz CT molecular complexity index is 269. The highest BCUT2D eigenvalue weighted by molar-refractivity contribution is 5.76. The van der Waals surface area contributed by atoms with Crippen LogP contribution in [0.1, 0.15) is 32.1 Å². The average Bonchev–Trinajstić information content (AvgIpc) is 2.32. The van der Waals surface area contributed by atoms with E-state index in [9.17, 15) is 4.79 Å². The number of carbonyl (C=O) groups excluding carboxylic acids is 1. The first kappa shape index (κ1) is 12.8. The molecule has 4 heteroatoms. The number of hydrogen-bond donors (Lipinski definition) is 1. The van der Waals surface area contributed by atoms with Crippen molar-refractivity contribution in [2.45, 2.75) is 44.2 Å². The minimum atomic E-state index is 0.290. The third kappa shape index (κ3) is 3.42. The molecule has 0 spiro atoms. The molecule has 1 amide bonds. The van der Waals surface area contributed by atoms with Gasteiger partial charge in [-0.3, -0.25) is 4.79 Å². The van der Waals surface area contributed by atoms with Crippen LogP contribution in [0.15, 0.2) is 0 Å². The highest BCUT2D eigenvalue weighted by atomic mass is 16.2. The quantitative estimate of drug-likeness (QED) is 0.787. The molecule has 2 heterocycles. The molecule has 2 atom stereocenters. The second kappa shape index (κ2) is 5.83. The second-order valence-corrected chi connectivity index (χ2v) is 5.55.